The van der Waals surface area contributed by atoms with E-state index in [0.717, 1.165) is 22.5 Å². The predicted octanol–water partition coefficient (Wildman–Crippen LogP) is 4.64. The molecule has 1 saturated heterocycles. The zero-order chi connectivity index (χ0) is 25.9. The minimum atomic E-state index is -0.697. The molecule has 0 aliphatic carbocycles. The average molecular weight is 489 g/mol. The fourth-order valence-electron chi connectivity index (χ4n) is 4.58. The Labute approximate surface area is 213 Å². The number of aryl methyl sites for hydroxylation is 2. The van der Waals surface area contributed by atoms with E-state index in [1.165, 1.54) is 10.9 Å². The van der Waals surface area contributed by atoms with Crippen molar-refractivity contribution in [3.63, 3.8) is 0 Å². The Morgan fingerprint density at radius 2 is 1.67 bits per heavy atom. The first-order valence-electron chi connectivity index (χ1n) is 12.5. The summed E-state index contributed by atoms with van der Waals surface area (Å²) in [7, 11) is 0. The summed E-state index contributed by atoms with van der Waals surface area (Å²) in [5.41, 5.74) is 3.72. The van der Waals surface area contributed by atoms with Crippen molar-refractivity contribution < 1.29 is 14.3 Å². The highest BCUT2D eigenvalue weighted by Crippen LogP contribution is 2.25. The van der Waals surface area contributed by atoms with Crippen LogP contribution in [-0.2, 0) is 16.0 Å². The van der Waals surface area contributed by atoms with Crippen LogP contribution in [0.5, 0.6) is 0 Å². The number of nitrogens with zero attached hydrogens (tertiary/aromatic N) is 3. The fourth-order valence-corrected chi connectivity index (χ4v) is 4.58. The summed E-state index contributed by atoms with van der Waals surface area (Å²) in [6, 6.07) is 17.4. The van der Waals surface area contributed by atoms with Crippen LogP contribution in [0.2, 0.25) is 0 Å². The number of anilines is 1. The molecule has 2 heterocycles. The Balaban J connectivity index is 1.46. The molecule has 4 rings (SSSR count). The molecular formula is C29H36N4O3. The van der Waals surface area contributed by atoms with Gasteiger partial charge in [-0.1, -0.05) is 48.5 Å². The molecule has 0 radical (unpaired) electrons. The van der Waals surface area contributed by atoms with Gasteiger partial charge in [0, 0.05) is 38.0 Å². The summed E-state index contributed by atoms with van der Waals surface area (Å²) >= 11 is 0. The summed E-state index contributed by atoms with van der Waals surface area (Å²) in [6.07, 6.45) is -0.175. The average Bonchev–Trinajstić information content (AvgIpc) is 2.83. The van der Waals surface area contributed by atoms with Gasteiger partial charge in [0.05, 0.1) is 5.52 Å². The Hall–Kier alpha value is -3.61. The SMILES string of the molecule is Cc1cc(N2CCN(C(=O)C(Cc3ccccc3)NC(=O)OC(C)(C)C)CC2)nc2c(C)cccc12. The van der Waals surface area contributed by atoms with Crippen LogP contribution in [0.4, 0.5) is 10.6 Å². The first-order chi connectivity index (χ1) is 17.1. The lowest BCUT2D eigenvalue weighted by molar-refractivity contribution is -0.133. The summed E-state index contributed by atoms with van der Waals surface area (Å²) < 4.78 is 5.44. The van der Waals surface area contributed by atoms with Crippen LogP contribution in [-0.4, -0.2) is 59.7 Å². The second kappa shape index (κ2) is 10.6. The molecule has 0 saturated carbocycles. The molecule has 190 valence electrons. The third kappa shape index (κ3) is 6.14. The van der Waals surface area contributed by atoms with Gasteiger partial charge in [0.15, 0.2) is 0 Å². The van der Waals surface area contributed by atoms with Crippen LogP contribution in [0.3, 0.4) is 0 Å². The molecule has 2 aromatic carbocycles. The van der Waals surface area contributed by atoms with Gasteiger partial charge in [-0.25, -0.2) is 9.78 Å². The number of carbonyl (C=O) groups is 2. The van der Waals surface area contributed by atoms with Gasteiger partial charge < -0.3 is 19.9 Å². The first-order valence-corrected chi connectivity index (χ1v) is 12.5. The molecule has 1 aliphatic rings. The molecule has 0 bridgehead atoms. The third-order valence-corrected chi connectivity index (χ3v) is 6.42. The second-order valence-electron chi connectivity index (χ2n) is 10.5. The van der Waals surface area contributed by atoms with Crippen molar-refractivity contribution in [3.05, 3.63) is 71.3 Å². The zero-order valence-electron chi connectivity index (χ0n) is 21.9. The predicted molar refractivity (Wildman–Crippen MR) is 143 cm³/mol. The Bertz CT molecular complexity index is 1230. The second-order valence-corrected chi connectivity index (χ2v) is 10.5. The number of aromatic nitrogens is 1. The van der Waals surface area contributed by atoms with Gasteiger partial charge in [-0.15, -0.1) is 0 Å². The Morgan fingerprint density at radius 3 is 2.33 bits per heavy atom. The molecule has 1 atom stereocenters. The van der Waals surface area contributed by atoms with Crippen LogP contribution >= 0.6 is 0 Å². The van der Waals surface area contributed by atoms with Crippen molar-refractivity contribution in [2.45, 2.75) is 52.7 Å². The summed E-state index contributed by atoms with van der Waals surface area (Å²) in [4.78, 5) is 35.1. The number of amides is 2. The standard InChI is InChI=1S/C29H36N4O3/c1-20-10-9-13-23-21(2)18-25(31-26(20)23)32-14-16-33(17-15-32)27(34)24(19-22-11-7-6-8-12-22)30-28(35)36-29(3,4)5/h6-13,18,24H,14-17,19H2,1-5H3,(H,30,35). The van der Waals surface area contributed by atoms with Crippen molar-refractivity contribution in [2.24, 2.45) is 0 Å². The van der Waals surface area contributed by atoms with Crippen LogP contribution in [0.1, 0.15) is 37.5 Å². The number of alkyl carbamates (subject to hydrolysis) is 1. The number of ether oxygens (including phenoxy) is 1. The van der Waals surface area contributed by atoms with E-state index in [0.29, 0.717) is 32.6 Å². The van der Waals surface area contributed by atoms with Crippen LogP contribution < -0.4 is 10.2 Å². The summed E-state index contributed by atoms with van der Waals surface area (Å²) in [5.74, 6) is 0.844. The van der Waals surface area contributed by atoms with Gasteiger partial charge in [-0.3, -0.25) is 4.79 Å². The molecule has 7 heteroatoms. The number of hydrogen-bond donors (Lipinski definition) is 1. The molecule has 3 aromatic rings. The number of rotatable bonds is 5. The summed E-state index contributed by atoms with van der Waals surface area (Å²) in [5, 5.41) is 3.99. The molecule has 1 N–H and O–H groups in total. The topological polar surface area (TPSA) is 74.8 Å². The normalized spacial score (nSPS) is 15.0. The molecule has 1 aliphatic heterocycles. The van der Waals surface area contributed by atoms with E-state index in [1.807, 2.05) is 56.0 Å². The third-order valence-electron chi connectivity index (χ3n) is 6.42. The molecule has 1 unspecified atom stereocenters. The molecule has 2 amide bonds. The van der Waals surface area contributed by atoms with Crippen molar-refractivity contribution in [1.29, 1.82) is 0 Å². The highest BCUT2D eigenvalue weighted by molar-refractivity contribution is 5.87. The number of nitrogens with one attached hydrogen (secondary N) is 1. The first kappa shape index (κ1) is 25.5. The number of pyridine rings is 1. The number of carbonyl (C=O) groups excluding carboxylic acids is 2. The van der Waals surface area contributed by atoms with Crippen LogP contribution in [0.25, 0.3) is 10.9 Å². The minimum absolute atomic E-state index is 0.0946. The van der Waals surface area contributed by atoms with Crippen LogP contribution in [0, 0.1) is 13.8 Å². The smallest absolute Gasteiger partial charge is 0.408 e. The highest BCUT2D eigenvalue weighted by atomic mass is 16.6. The van der Waals surface area contributed by atoms with Crippen LogP contribution in [0.15, 0.2) is 54.6 Å². The van der Waals surface area contributed by atoms with Gasteiger partial charge in [0.25, 0.3) is 0 Å². The number of piperazine rings is 1. The summed E-state index contributed by atoms with van der Waals surface area (Å²) in [6.45, 7) is 12.1. The molecule has 7 nitrogen and oxygen atoms in total. The van der Waals surface area contributed by atoms with E-state index in [4.69, 9.17) is 9.72 Å². The highest BCUT2D eigenvalue weighted by Gasteiger charge is 2.30. The van der Waals surface area contributed by atoms with E-state index in [2.05, 4.69) is 48.3 Å². The van der Waals surface area contributed by atoms with Crippen molar-refractivity contribution >= 4 is 28.7 Å². The minimum Gasteiger partial charge on any atom is -0.444 e. The lowest BCUT2D eigenvalue weighted by Gasteiger charge is -2.37. The van der Waals surface area contributed by atoms with Gasteiger partial charge in [0.2, 0.25) is 5.91 Å². The van der Waals surface area contributed by atoms with E-state index < -0.39 is 17.7 Å². The van der Waals surface area contributed by atoms with E-state index in [-0.39, 0.29) is 5.91 Å². The molecule has 36 heavy (non-hydrogen) atoms. The monoisotopic (exact) mass is 488 g/mol. The maximum Gasteiger partial charge on any atom is 0.408 e. The lowest BCUT2D eigenvalue weighted by atomic mass is 10.0. The molecule has 1 fully saturated rings. The van der Waals surface area contributed by atoms with E-state index >= 15 is 0 Å². The van der Waals surface area contributed by atoms with E-state index in [9.17, 15) is 9.59 Å². The quantitative estimate of drug-likeness (QED) is 0.567. The fraction of sp³-hybridized carbons (Fsp3) is 0.414. The number of hydrogen-bond acceptors (Lipinski definition) is 5. The number of fused-ring (bicyclic) bond motifs is 1. The van der Waals surface area contributed by atoms with Crippen molar-refractivity contribution in [3.8, 4) is 0 Å². The van der Waals surface area contributed by atoms with Gasteiger partial charge in [-0.05, 0) is 57.4 Å². The van der Waals surface area contributed by atoms with Crippen molar-refractivity contribution in [1.82, 2.24) is 15.2 Å². The maximum absolute atomic E-state index is 13.5. The number of para-hydroxylation sites is 1. The van der Waals surface area contributed by atoms with Crippen molar-refractivity contribution in [2.75, 3.05) is 31.1 Å². The van der Waals surface area contributed by atoms with Gasteiger partial charge in [0.1, 0.15) is 17.5 Å². The Kier molecular flexibility index (Phi) is 7.48. The van der Waals surface area contributed by atoms with Gasteiger partial charge in [-0.2, -0.15) is 0 Å². The number of benzene rings is 2. The lowest BCUT2D eigenvalue weighted by Crippen LogP contribution is -2.56. The molecule has 1 aromatic heterocycles. The molecular weight excluding hydrogens is 452 g/mol. The largest absolute Gasteiger partial charge is 0.444 e. The van der Waals surface area contributed by atoms with E-state index in [1.54, 1.807) is 0 Å². The molecule has 0 spiro atoms. The maximum atomic E-state index is 13.5. The zero-order valence-corrected chi connectivity index (χ0v) is 21.9. The Morgan fingerprint density at radius 1 is 0.972 bits per heavy atom. The van der Waals surface area contributed by atoms with Gasteiger partial charge >= 0.3 is 6.09 Å².